The van der Waals surface area contributed by atoms with E-state index in [1.165, 1.54) is 14.2 Å². The number of carbonyl (C=O) groups excluding carboxylic acids is 2. The van der Waals surface area contributed by atoms with Gasteiger partial charge in [0.25, 0.3) is 0 Å². The largest absolute Gasteiger partial charge is 0.491 e. The first kappa shape index (κ1) is 13.0. The summed E-state index contributed by atoms with van der Waals surface area (Å²) in [5, 5.41) is 0. The molecule has 2 atom stereocenters. The van der Waals surface area contributed by atoms with Crippen LogP contribution in [0.2, 0.25) is 0 Å². The van der Waals surface area contributed by atoms with Crippen LogP contribution in [0.3, 0.4) is 0 Å². The number of hydrogen-bond acceptors (Lipinski definition) is 6. The molecule has 2 fully saturated rings. The zero-order chi connectivity index (χ0) is 14.6. The third-order valence-corrected chi connectivity index (χ3v) is 3.97. The fraction of sp³-hybridized carbons (Fsp3) is 0.571. The summed E-state index contributed by atoms with van der Waals surface area (Å²) in [5.74, 6) is -0.256. The maximum absolute atomic E-state index is 12.6. The molecule has 0 N–H and O–H groups in total. The predicted molar refractivity (Wildman–Crippen MR) is 70.4 cm³/mol. The lowest BCUT2D eigenvalue weighted by molar-refractivity contribution is -0.122. The number of Topliss-reactive ketones (excluding diaryl/α,β-unsaturated/α-hetero) is 2. The summed E-state index contributed by atoms with van der Waals surface area (Å²) in [6.07, 6.45) is 0. The molecule has 2 aliphatic heterocycles. The van der Waals surface area contributed by atoms with Crippen LogP contribution in [0.1, 0.15) is 13.8 Å². The van der Waals surface area contributed by atoms with Gasteiger partial charge in [-0.25, -0.2) is 0 Å². The Kier molecular flexibility index (Phi) is 2.77. The van der Waals surface area contributed by atoms with Crippen LogP contribution in [-0.2, 0) is 19.1 Å². The second kappa shape index (κ2) is 4.26. The number of methoxy groups -OCH3 is 2. The van der Waals surface area contributed by atoms with Crippen molar-refractivity contribution >= 4 is 11.6 Å². The Morgan fingerprint density at radius 3 is 1.35 bits per heavy atom. The monoisotopic (exact) mass is 278 g/mol. The maximum Gasteiger partial charge on any atom is 0.249 e. The average molecular weight is 278 g/mol. The van der Waals surface area contributed by atoms with Gasteiger partial charge in [0.1, 0.15) is 11.4 Å². The van der Waals surface area contributed by atoms with E-state index in [4.69, 9.17) is 9.47 Å². The minimum atomic E-state index is -0.262. The number of hydrogen-bond donors (Lipinski definition) is 0. The molecule has 3 rings (SSSR count). The van der Waals surface area contributed by atoms with E-state index in [2.05, 4.69) is 0 Å². The van der Waals surface area contributed by atoms with E-state index in [0.717, 1.165) is 13.1 Å². The summed E-state index contributed by atoms with van der Waals surface area (Å²) in [6, 6.07) is 0.512. The van der Waals surface area contributed by atoms with Crippen LogP contribution in [-0.4, -0.2) is 60.8 Å². The van der Waals surface area contributed by atoms with Crippen LogP contribution in [0, 0.1) is 0 Å². The molecule has 0 aromatic carbocycles. The summed E-state index contributed by atoms with van der Waals surface area (Å²) in [6.45, 7) is 5.51. The molecule has 0 radical (unpaired) electrons. The Balaban J connectivity index is 2.06. The highest BCUT2D eigenvalue weighted by molar-refractivity contribution is 6.23. The van der Waals surface area contributed by atoms with Gasteiger partial charge >= 0.3 is 0 Å². The van der Waals surface area contributed by atoms with Gasteiger partial charge in [-0.2, -0.15) is 0 Å². The number of ketones is 2. The van der Waals surface area contributed by atoms with Crippen LogP contribution < -0.4 is 0 Å². The Morgan fingerprint density at radius 1 is 0.850 bits per heavy atom. The first-order valence-corrected chi connectivity index (χ1v) is 6.70. The van der Waals surface area contributed by atoms with Gasteiger partial charge in [0.05, 0.1) is 14.2 Å². The second-order valence-corrected chi connectivity index (χ2v) is 5.42. The summed E-state index contributed by atoms with van der Waals surface area (Å²) >= 11 is 0. The molecule has 0 spiro atoms. The molecule has 2 heterocycles. The van der Waals surface area contributed by atoms with E-state index in [-0.39, 0.29) is 35.2 Å². The average Bonchev–Trinajstić information content (AvgIpc) is 3.30. The molecular weight excluding hydrogens is 260 g/mol. The van der Waals surface area contributed by atoms with Crippen molar-refractivity contribution < 1.29 is 19.1 Å². The molecular formula is C14H18N2O4. The molecule has 2 saturated heterocycles. The molecule has 6 nitrogen and oxygen atoms in total. The van der Waals surface area contributed by atoms with E-state index in [1.54, 1.807) is 0 Å². The minimum absolute atomic E-state index is 0.134. The number of ether oxygens (including phenoxy) is 2. The third kappa shape index (κ3) is 1.71. The van der Waals surface area contributed by atoms with Gasteiger partial charge in [0.15, 0.2) is 11.5 Å². The zero-order valence-electron chi connectivity index (χ0n) is 12.1. The fourth-order valence-corrected chi connectivity index (χ4v) is 2.64. The zero-order valence-corrected chi connectivity index (χ0v) is 12.1. The first-order chi connectivity index (χ1) is 9.51. The summed E-state index contributed by atoms with van der Waals surface area (Å²) in [4.78, 5) is 28.9. The van der Waals surface area contributed by atoms with Gasteiger partial charge < -0.3 is 19.3 Å². The lowest BCUT2D eigenvalue weighted by Crippen LogP contribution is -2.32. The third-order valence-electron chi connectivity index (χ3n) is 3.97. The fourth-order valence-electron chi connectivity index (χ4n) is 2.64. The summed E-state index contributed by atoms with van der Waals surface area (Å²) < 4.78 is 10.4. The van der Waals surface area contributed by atoms with Crippen LogP contribution >= 0.6 is 0 Å². The lowest BCUT2D eigenvalue weighted by Gasteiger charge is -2.23. The van der Waals surface area contributed by atoms with E-state index in [0.29, 0.717) is 11.4 Å². The SMILES string of the molecule is COC1=C(N2CC2C)C(=O)C(OC)=C(N2CC2C)C1=O. The normalized spacial score (nSPS) is 29.2. The van der Waals surface area contributed by atoms with Gasteiger partial charge in [-0.3, -0.25) is 9.59 Å². The summed E-state index contributed by atoms with van der Waals surface area (Å²) in [7, 11) is 2.85. The molecule has 0 amide bonds. The highest BCUT2D eigenvalue weighted by Crippen LogP contribution is 2.38. The highest BCUT2D eigenvalue weighted by Gasteiger charge is 2.49. The van der Waals surface area contributed by atoms with Crippen LogP contribution in [0.25, 0.3) is 0 Å². The lowest BCUT2D eigenvalue weighted by atomic mass is 10.0. The number of carbonyl (C=O) groups is 2. The molecule has 108 valence electrons. The van der Waals surface area contributed by atoms with Crippen molar-refractivity contribution in [3.05, 3.63) is 22.9 Å². The van der Waals surface area contributed by atoms with E-state index >= 15 is 0 Å². The maximum atomic E-state index is 12.6. The van der Waals surface area contributed by atoms with Crippen molar-refractivity contribution in [1.82, 2.24) is 9.80 Å². The molecule has 0 aromatic heterocycles. The predicted octanol–water partition coefficient (Wildman–Crippen LogP) is 0.262. The van der Waals surface area contributed by atoms with Crippen molar-refractivity contribution in [2.45, 2.75) is 25.9 Å². The number of rotatable bonds is 4. The molecule has 20 heavy (non-hydrogen) atoms. The van der Waals surface area contributed by atoms with Crippen LogP contribution in [0.5, 0.6) is 0 Å². The number of nitrogens with zero attached hydrogens (tertiary/aromatic N) is 2. The summed E-state index contributed by atoms with van der Waals surface area (Å²) in [5.41, 5.74) is 0.667. The van der Waals surface area contributed by atoms with Crippen LogP contribution in [0.15, 0.2) is 22.9 Å². The Morgan fingerprint density at radius 2 is 1.15 bits per heavy atom. The second-order valence-electron chi connectivity index (χ2n) is 5.42. The smallest absolute Gasteiger partial charge is 0.249 e. The van der Waals surface area contributed by atoms with Crippen LogP contribution in [0.4, 0.5) is 0 Å². The van der Waals surface area contributed by atoms with Gasteiger partial charge in [-0.05, 0) is 13.8 Å². The van der Waals surface area contributed by atoms with Gasteiger partial charge in [-0.15, -0.1) is 0 Å². The quantitative estimate of drug-likeness (QED) is 0.543. The van der Waals surface area contributed by atoms with Crippen molar-refractivity contribution in [2.75, 3.05) is 27.3 Å². The van der Waals surface area contributed by atoms with E-state index in [1.807, 2.05) is 23.6 Å². The molecule has 1 aliphatic carbocycles. The molecule has 0 saturated carbocycles. The topological polar surface area (TPSA) is 58.6 Å². The van der Waals surface area contributed by atoms with E-state index in [9.17, 15) is 9.59 Å². The van der Waals surface area contributed by atoms with Gasteiger partial charge in [0, 0.05) is 25.2 Å². The van der Waals surface area contributed by atoms with Crippen molar-refractivity contribution in [1.29, 1.82) is 0 Å². The Bertz CT molecular complexity index is 514. The molecule has 6 heteroatoms. The van der Waals surface area contributed by atoms with Crippen molar-refractivity contribution in [2.24, 2.45) is 0 Å². The first-order valence-electron chi connectivity index (χ1n) is 6.70. The van der Waals surface area contributed by atoms with Crippen molar-refractivity contribution in [3.8, 4) is 0 Å². The molecule has 2 unspecified atom stereocenters. The van der Waals surface area contributed by atoms with Gasteiger partial charge in [-0.1, -0.05) is 0 Å². The van der Waals surface area contributed by atoms with Crippen molar-refractivity contribution in [3.63, 3.8) is 0 Å². The molecule has 0 bridgehead atoms. The Hall–Kier alpha value is -1.98. The van der Waals surface area contributed by atoms with Gasteiger partial charge in [0.2, 0.25) is 11.6 Å². The highest BCUT2D eigenvalue weighted by atomic mass is 16.5. The van der Waals surface area contributed by atoms with E-state index < -0.39 is 0 Å². The standard InChI is InChI=1S/C14H18N2O4/c1-7-5-15(7)9-11(17)14(20-4)10(16-6-8(16)2)12(18)13(9)19-3/h7-8H,5-6H2,1-4H3. The molecule has 3 aliphatic rings. The molecule has 0 aromatic rings. The minimum Gasteiger partial charge on any atom is -0.491 e. The Labute approximate surface area is 117 Å².